The van der Waals surface area contributed by atoms with Crippen molar-refractivity contribution in [3.05, 3.63) is 35.4 Å². The van der Waals surface area contributed by atoms with Crippen LogP contribution in [0.3, 0.4) is 0 Å². The van der Waals surface area contributed by atoms with Gasteiger partial charge in [0.05, 0.1) is 23.5 Å². The molecule has 2 atom stereocenters. The fourth-order valence-corrected chi connectivity index (χ4v) is 2.87. The summed E-state index contributed by atoms with van der Waals surface area (Å²) in [4.78, 5) is 25.1. The van der Waals surface area contributed by atoms with Gasteiger partial charge in [-0.15, -0.1) is 0 Å². The monoisotopic (exact) mass is 286 g/mol. The Kier molecular flexibility index (Phi) is 4.59. The van der Waals surface area contributed by atoms with Crippen LogP contribution >= 0.6 is 0 Å². The van der Waals surface area contributed by atoms with Crippen molar-refractivity contribution in [1.82, 2.24) is 4.90 Å². The zero-order chi connectivity index (χ0) is 15.4. The average Bonchev–Trinajstić information content (AvgIpc) is 2.96. The van der Waals surface area contributed by atoms with Crippen LogP contribution in [-0.4, -0.2) is 28.9 Å². The molecule has 1 fully saturated rings. The molecule has 0 aromatic heterocycles. The predicted octanol–water partition coefficient (Wildman–Crippen LogP) is 2.02. The van der Waals surface area contributed by atoms with Gasteiger partial charge in [-0.3, -0.25) is 9.59 Å². The van der Waals surface area contributed by atoms with E-state index in [4.69, 9.17) is 10.4 Å². The predicted molar refractivity (Wildman–Crippen MR) is 76.1 cm³/mol. The highest BCUT2D eigenvalue weighted by Crippen LogP contribution is 2.33. The number of hydrogen-bond acceptors (Lipinski definition) is 3. The maximum absolute atomic E-state index is 12.4. The molecule has 21 heavy (non-hydrogen) atoms. The number of benzene rings is 1. The molecule has 1 aliphatic rings. The molecule has 1 saturated carbocycles. The van der Waals surface area contributed by atoms with Crippen molar-refractivity contribution in [2.75, 3.05) is 7.05 Å². The van der Waals surface area contributed by atoms with E-state index in [-0.39, 0.29) is 5.91 Å². The molecule has 5 nitrogen and oxygen atoms in total. The molecular formula is C16H18N2O3. The van der Waals surface area contributed by atoms with E-state index in [1.807, 2.05) is 18.2 Å². The highest BCUT2D eigenvalue weighted by molar-refractivity contribution is 5.85. The minimum atomic E-state index is -0.877. The minimum Gasteiger partial charge on any atom is -0.481 e. The Morgan fingerprint density at radius 3 is 2.48 bits per heavy atom. The van der Waals surface area contributed by atoms with E-state index in [0.717, 1.165) is 12.0 Å². The number of carboxylic acids is 1. The van der Waals surface area contributed by atoms with Crippen LogP contribution in [0.1, 0.15) is 30.4 Å². The minimum absolute atomic E-state index is 0.107. The molecule has 1 amide bonds. The molecule has 0 saturated heterocycles. The molecule has 2 rings (SSSR count). The second kappa shape index (κ2) is 6.40. The second-order valence-electron chi connectivity index (χ2n) is 5.49. The number of aliphatic carboxylic acids is 1. The molecular weight excluding hydrogens is 268 g/mol. The first-order valence-corrected chi connectivity index (χ1v) is 6.99. The summed E-state index contributed by atoms with van der Waals surface area (Å²) in [6.07, 6.45) is 2.02. The van der Waals surface area contributed by atoms with E-state index in [9.17, 15) is 9.59 Å². The normalized spacial score (nSPS) is 20.8. The van der Waals surface area contributed by atoms with E-state index in [1.165, 1.54) is 0 Å². The van der Waals surface area contributed by atoms with E-state index >= 15 is 0 Å². The number of amides is 1. The van der Waals surface area contributed by atoms with Crippen LogP contribution in [0.25, 0.3) is 0 Å². The van der Waals surface area contributed by atoms with Crippen molar-refractivity contribution in [3.8, 4) is 6.07 Å². The van der Waals surface area contributed by atoms with E-state index in [1.54, 1.807) is 24.1 Å². The molecule has 5 heteroatoms. The summed E-state index contributed by atoms with van der Waals surface area (Å²) < 4.78 is 0. The zero-order valence-corrected chi connectivity index (χ0v) is 12.0. The number of carbonyl (C=O) groups is 2. The van der Waals surface area contributed by atoms with Gasteiger partial charge in [-0.25, -0.2) is 0 Å². The lowest BCUT2D eigenvalue weighted by Crippen LogP contribution is -2.36. The van der Waals surface area contributed by atoms with Gasteiger partial charge in [0.1, 0.15) is 0 Å². The van der Waals surface area contributed by atoms with E-state index in [2.05, 4.69) is 0 Å². The number of rotatable bonds is 4. The van der Waals surface area contributed by atoms with Gasteiger partial charge in [0.25, 0.3) is 0 Å². The summed E-state index contributed by atoms with van der Waals surface area (Å²) in [6, 6.07) is 9.09. The van der Waals surface area contributed by atoms with Crippen LogP contribution in [0.5, 0.6) is 0 Å². The molecule has 0 bridgehead atoms. The van der Waals surface area contributed by atoms with Crippen molar-refractivity contribution < 1.29 is 14.7 Å². The van der Waals surface area contributed by atoms with Crippen molar-refractivity contribution in [2.24, 2.45) is 11.8 Å². The third-order valence-electron chi connectivity index (χ3n) is 4.03. The molecule has 0 spiro atoms. The first-order valence-electron chi connectivity index (χ1n) is 6.99. The summed E-state index contributed by atoms with van der Waals surface area (Å²) in [5.74, 6) is -1.95. The van der Waals surface area contributed by atoms with Crippen LogP contribution in [0.2, 0.25) is 0 Å². The number of carbonyl (C=O) groups excluding carboxylic acids is 1. The van der Waals surface area contributed by atoms with Crippen molar-refractivity contribution in [2.45, 2.75) is 25.8 Å². The Balaban J connectivity index is 2.02. The third-order valence-corrected chi connectivity index (χ3v) is 4.03. The molecule has 0 aliphatic heterocycles. The van der Waals surface area contributed by atoms with Gasteiger partial charge in [-0.05, 0) is 30.5 Å². The standard InChI is InChI=1S/C16H18N2O3/c1-18(10-12-7-5-11(9-17)6-8-12)15(19)13-3-2-4-14(13)16(20)21/h5-8,13-14H,2-4,10H2,1H3,(H,20,21)/t13-,14+/m1/s1. The van der Waals surface area contributed by atoms with Gasteiger partial charge >= 0.3 is 5.97 Å². The van der Waals surface area contributed by atoms with E-state index in [0.29, 0.717) is 24.9 Å². The van der Waals surface area contributed by atoms with Crippen molar-refractivity contribution in [1.29, 1.82) is 5.26 Å². The van der Waals surface area contributed by atoms with Crippen molar-refractivity contribution in [3.63, 3.8) is 0 Å². The molecule has 0 radical (unpaired) electrons. The summed E-state index contributed by atoms with van der Waals surface area (Å²) in [6.45, 7) is 0.424. The Hall–Kier alpha value is -2.35. The summed E-state index contributed by atoms with van der Waals surface area (Å²) >= 11 is 0. The average molecular weight is 286 g/mol. The first-order chi connectivity index (χ1) is 10.0. The largest absolute Gasteiger partial charge is 0.481 e. The zero-order valence-electron chi connectivity index (χ0n) is 12.0. The number of nitriles is 1. The molecule has 1 N–H and O–H groups in total. The molecule has 1 aromatic rings. The lowest BCUT2D eigenvalue weighted by Gasteiger charge is -2.23. The summed E-state index contributed by atoms with van der Waals surface area (Å²) in [5, 5.41) is 17.9. The van der Waals surface area contributed by atoms with Crippen LogP contribution < -0.4 is 0 Å². The van der Waals surface area contributed by atoms with Crippen LogP contribution in [0.4, 0.5) is 0 Å². The Bertz CT molecular complexity index is 574. The van der Waals surface area contributed by atoms with Crippen molar-refractivity contribution >= 4 is 11.9 Å². The highest BCUT2D eigenvalue weighted by atomic mass is 16.4. The van der Waals surface area contributed by atoms with Gasteiger partial charge in [-0.1, -0.05) is 18.6 Å². The number of carboxylic acid groups (broad SMARTS) is 1. The Labute approximate surface area is 123 Å². The van der Waals surface area contributed by atoms with Gasteiger partial charge in [-0.2, -0.15) is 5.26 Å². The van der Waals surface area contributed by atoms with Gasteiger partial charge in [0, 0.05) is 13.6 Å². The Morgan fingerprint density at radius 1 is 1.29 bits per heavy atom. The smallest absolute Gasteiger partial charge is 0.307 e. The van der Waals surface area contributed by atoms with Crippen LogP contribution in [0, 0.1) is 23.2 Å². The molecule has 1 aliphatic carbocycles. The van der Waals surface area contributed by atoms with E-state index < -0.39 is 17.8 Å². The second-order valence-corrected chi connectivity index (χ2v) is 5.49. The molecule has 0 heterocycles. The SMILES string of the molecule is CN(Cc1ccc(C#N)cc1)C(=O)[C@@H]1CCC[C@@H]1C(=O)O. The van der Waals surface area contributed by atoms with Gasteiger partial charge in [0.15, 0.2) is 0 Å². The fraction of sp³-hybridized carbons (Fsp3) is 0.438. The van der Waals surface area contributed by atoms with Gasteiger partial charge in [0.2, 0.25) is 5.91 Å². The number of hydrogen-bond donors (Lipinski definition) is 1. The third kappa shape index (κ3) is 3.40. The van der Waals surface area contributed by atoms with Gasteiger partial charge < -0.3 is 10.0 Å². The highest BCUT2D eigenvalue weighted by Gasteiger charge is 2.38. The van der Waals surface area contributed by atoms with Crippen LogP contribution in [-0.2, 0) is 16.1 Å². The topological polar surface area (TPSA) is 81.4 Å². The summed E-state index contributed by atoms with van der Waals surface area (Å²) in [5.41, 5.74) is 1.50. The molecule has 110 valence electrons. The maximum atomic E-state index is 12.4. The lowest BCUT2D eigenvalue weighted by molar-refractivity contribution is -0.148. The lowest BCUT2D eigenvalue weighted by atomic mass is 9.94. The quantitative estimate of drug-likeness (QED) is 0.918. The fourth-order valence-electron chi connectivity index (χ4n) is 2.87. The first kappa shape index (κ1) is 15.0. The molecule has 0 unspecified atom stereocenters. The number of nitrogens with zero attached hydrogens (tertiary/aromatic N) is 2. The van der Waals surface area contributed by atoms with Crippen LogP contribution in [0.15, 0.2) is 24.3 Å². The Morgan fingerprint density at radius 2 is 1.90 bits per heavy atom. The summed E-state index contributed by atoms with van der Waals surface area (Å²) in [7, 11) is 1.69. The maximum Gasteiger partial charge on any atom is 0.307 e. The molecule has 1 aromatic carbocycles.